The van der Waals surface area contributed by atoms with Crippen molar-refractivity contribution in [2.24, 2.45) is 16.2 Å². The van der Waals surface area contributed by atoms with E-state index < -0.39 is 0 Å². The normalized spacial score (nSPS) is 19.2. The molecule has 18 heavy (non-hydrogen) atoms. The standard InChI is InChI=1S/C15H30N2O/c1-13(2,3)14(4,5)10-17-12(18)15(11-16-6)8-7-9-15/h16H,7-11H2,1-6H3,(H,17,18). The Morgan fingerprint density at radius 1 is 1.17 bits per heavy atom. The van der Waals surface area contributed by atoms with Gasteiger partial charge in [-0.3, -0.25) is 4.79 Å². The maximum absolute atomic E-state index is 12.4. The molecule has 106 valence electrons. The predicted octanol–water partition coefficient (Wildman–Crippen LogP) is 2.56. The van der Waals surface area contributed by atoms with Crippen LogP contribution in [-0.2, 0) is 4.79 Å². The maximum Gasteiger partial charge on any atom is 0.227 e. The molecule has 1 fully saturated rings. The minimum Gasteiger partial charge on any atom is -0.355 e. The van der Waals surface area contributed by atoms with Crippen molar-refractivity contribution in [1.82, 2.24) is 10.6 Å². The van der Waals surface area contributed by atoms with Gasteiger partial charge in [0, 0.05) is 13.1 Å². The van der Waals surface area contributed by atoms with Gasteiger partial charge in [-0.05, 0) is 30.7 Å². The highest BCUT2D eigenvalue weighted by Gasteiger charge is 2.44. The second kappa shape index (κ2) is 5.20. The van der Waals surface area contributed by atoms with Gasteiger partial charge in [0.1, 0.15) is 0 Å². The topological polar surface area (TPSA) is 41.1 Å². The van der Waals surface area contributed by atoms with Crippen molar-refractivity contribution in [3.05, 3.63) is 0 Å². The summed E-state index contributed by atoms with van der Waals surface area (Å²) in [6.07, 6.45) is 3.23. The molecule has 0 saturated heterocycles. The van der Waals surface area contributed by atoms with E-state index in [1.54, 1.807) is 0 Å². The largest absolute Gasteiger partial charge is 0.355 e. The lowest BCUT2D eigenvalue weighted by Gasteiger charge is -2.43. The lowest BCUT2D eigenvalue weighted by atomic mass is 9.66. The highest BCUT2D eigenvalue weighted by Crippen LogP contribution is 2.41. The molecule has 0 unspecified atom stereocenters. The van der Waals surface area contributed by atoms with E-state index >= 15 is 0 Å². The molecule has 1 saturated carbocycles. The van der Waals surface area contributed by atoms with Crippen molar-refractivity contribution >= 4 is 5.91 Å². The Balaban J connectivity index is 2.56. The smallest absolute Gasteiger partial charge is 0.227 e. The van der Waals surface area contributed by atoms with Crippen molar-refractivity contribution in [2.45, 2.75) is 53.9 Å². The van der Waals surface area contributed by atoms with Crippen LogP contribution in [0.5, 0.6) is 0 Å². The summed E-state index contributed by atoms with van der Waals surface area (Å²) < 4.78 is 0. The monoisotopic (exact) mass is 254 g/mol. The third-order valence-electron chi connectivity index (χ3n) is 5.03. The minimum atomic E-state index is -0.136. The fourth-order valence-electron chi connectivity index (χ4n) is 2.18. The maximum atomic E-state index is 12.4. The van der Waals surface area contributed by atoms with E-state index in [0.29, 0.717) is 0 Å². The van der Waals surface area contributed by atoms with Gasteiger partial charge in [-0.15, -0.1) is 0 Å². The van der Waals surface area contributed by atoms with Crippen molar-refractivity contribution in [3.8, 4) is 0 Å². The third kappa shape index (κ3) is 3.05. The lowest BCUT2D eigenvalue weighted by Crippen LogP contribution is -2.53. The molecule has 0 heterocycles. The van der Waals surface area contributed by atoms with Gasteiger partial charge in [0.05, 0.1) is 5.41 Å². The van der Waals surface area contributed by atoms with E-state index in [2.05, 4.69) is 45.3 Å². The number of hydrogen-bond acceptors (Lipinski definition) is 2. The van der Waals surface area contributed by atoms with E-state index in [1.807, 2.05) is 7.05 Å². The van der Waals surface area contributed by atoms with Crippen molar-refractivity contribution in [2.75, 3.05) is 20.1 Å². The van der Waals surface area contributed by atoms with Gasteiger partial charge in [-0.1, -0.05) is 41.0 Å². The summed E-state index contributed by atoms with van der Waals surface area (Å²) >= 11 is 0. The van der Waals surface area contributed by atoms with Gasteiger partial charge in [0.15, 0.2) is 0 Å². The van der Waals surface area contributed by atoms with E-state index in [1.165, 1.54) is 6.42 Å². The van der Waals surface area contributed by atoms with Crippen molar-refractivity contribution < 1.29 is 4.79 Å². The molecule has 0 radical (unpaired) electrons. The zero-order valence-corrected chi connectivity index (χ0v) is 12.9. The predicted molar refractivity (Wildman–Crippen MR) is 76.5 cm³/mol. The molecule has 0 bridgehead atoms. The van der Waals surface area contributed by atoms with Gasteiger partial charge in [0.2, 0.25) is 5.91 Å². The average molecular weight is 254 g/mol. The Kier molecular flexibility index (Phi) is 4.47. The molecular formula is C15H30N2O. The summed E-state index contributed by atoms with van der Waals surface area (Å²) in [5, 5.41) is 6.34. The van der Waals surface area contributed by atoms with Crippen LogP contribution in [0, 0.1) is 16.2 Å². The fraction of sp³-hybridized carbons (Fsp3) is 0.933. The van der Waals surface area contributed by atoms with Gasteiger partial charge >= 0.3 is 0 Å². The summed E-state index contributed by atoms with van der Waals surface area (Å²) in [6, 6.07) is 0. The van der Waals surface area contributed by atoms with Gasteiger partial charge in [0.25, 0.3) is 0 Å². The molecule has 0 spiro atoms. The molecule has 0 aromatic heterocycles. The average Bonchev–Trinajstić information content (AvgIpc) is 2.18. The van der Waals surface area contributed by atoms with E-state index in [-0.39, 0.29) is 22.2 Å². The summed E-state index contributed by atoms with van der Waals surface area (Å²) in [5.74, 6) is 0.237. The molecular weight excluding hydrogens is 224 g/mol. The van der Waals surface area contributed by atoms with Crippen LogP contribution in [0.3, 0.4) is 0 Å². The van der Waals surface area contributed by atoms with Crippen LogP contribution < -0.4 is 10.6 Å². The molecule has 0 aliphatic heterocycles. The van der Waals surface area contributed by atoms with Gasteiger partial charge in [-0.2, -0.15) is 0 Å². The summed E-state index contributed by atoms with van der Waals surface area (Å²) in [5.41, 5.74) is 0.159. The highest BCUT2D eigenvalue weighted by molar-refractivity contribution is 5.83. The summed E-state index contributed by atoms with van der Waals surface area (Å²) in [7, 11) is 1.92. The first-order valence-electron chi connectivity index (χ1n) is 7.08. The van der Waals surface area contributed by atoms with Gasteiger partial charge < -0.3 is 10.6 Å². The van der Waals surface area contributed by atoms with Crippen LogP contribution in [0.15, 0.2) is 0 Å². The molecule has 3 nitrogen and oxygen atoms in total. The lowest BCUT2D eigenvalue weighted by molar-refractivity contribution is -0.136. The molecule has 1 aliphatic rings. The van der Waals surface area contributed by atoms with E-state index in [4.69, 9.17) is 0 Å². The number of rotatable bonds is 5. The highest BCUT2D eigenvalue weighted by atomic mass is 16.2. The first-order chi connectivity index (χ1) is 8.15. The molecule has 0 atom stereocenters. The Morgan fingerprint density at radius 2 is 1.72 bits per heavy atom. The van der Waals surface area contributed by atoms with Crippen LogP contribution >= 0.6 is 0 Å². The van der Waals surface area contributed by atoms with Crippen LogP contribution in [0.1, 0.15) is 53.9 Å². The zero-order valence-electron chi connectivity index (χ0n) is 12.9. The Labute approximate surface area is 112 Å². The molecule has 1 amide bonds. The van der Waals surface area contributed by atoms with Crippen molar-refractivity contribution in [1.29, 1.82) is 0 Å². The summed E-state index contributed by atoms with van der Waals surface area (Å²) in [6.45, 7) is 12.7. The number of nitrogens with one attached hydrogen (secondary N) is 2. The molecule has 3 heteroatoms. The van der Waals surface area contributed by atoms with Crippen LogP contribution in [0.25, 0.3) is 0 Å². The molecule has 0 aromatic rings. The fourth-order valence-corrected chi connectivity index (χ4v) is 2.18. The minimum absolute atomic E-state index is 0.104. The second-order valence-corrected chi connectivity index (χ2v) is 7.48. The SMILES string of the molecule is CNCC1(C(=O)NCC(C)(C)C(C)(C)C)CCC1. The first kappa shape index (κ1) is 15.5. The second-order valence-electron chi connectivity index (χ2n) is 7.48. The molecule has 1 rings (SSSR count). The van der Waals surface area contributed by atoms with Crippen molar-refractivity contribution in [3.63, 3.8) is 0 Å². The number of hydrogen-bond donors (Lipinski definition) is 2. The van der Waals surface area contributed by atoms with Crippen LogP contribution in [0.2, 0.25) is 0 Å². The van der Waals surface area contributed by atoms with E-state index in [9.17, 15) is 4.79 Å². The van der Waals surface area contributed by atoms with Crippen LogP contribution in [-0.4, -0.2) is 26.0 Å². The first-order valence-corrected chi connectivity index (χ1v) is 7.08. The number of amides is 1. The molecule has 2 N–H and O–H groups in total. The third-order valence-corrected chi connectivity index (χ3v) is 5.03. The zero-order chi connectivity index (χ0) is 14.0. The Hall–Kier alpha value is -0.570. The number of carbonyl (C=O) groups excluding carboxylic acids is 1. The Morgan fingerprint density at radius 3 is 2.06 bits per heavy atom. The van der Waals surface area contributed by atoms with E-state index in [0.717, 1.165) is 25.9 Å². The van der Waals surface area contributed by atoms with Crippen LogP contribution in [0.4, 0.5) is 0 Å². The van der Waals surface area contributed by atoms with Gasteiger partial charge in [-0.25, -0.2) is 0 Å². The Bertz CT molecular complexity index is 298. The number of carbonyl (C=O) groups is 1. The quantitative estimate of drug-likeness (QED) is 0.791. The molecule has 0 aromatic carbocycles. The molecule has 1 aliphatic carbocycles. The summed E-state index contributed by atoms with van der Waals surface area (Å²) in [4.78, 5) is 12.4.